The SMILES string of the molecule is COc1cc(N2CCCC2)c(OC)cc1/C=C1\SC(=Nc2ccccc2)NC1=O. The molecule has 7 heteroatoms. The fourth-order valence-electron chi connectivity index (χ4n) is 3.46. The zero-order valence-electron chi connectivity index (χ0n) is 16.5. The molecule has 0 spiro atoms. The van der Waals surface area contributed by atoms with Crippen molar-refractivity contribution < 1.29 is 14.3 Å². The Morgan fingerprint density at radius 3 is 2.48 bits per heavy atom. The maximum absolute atomic E-state index is 12.4. The van der Waals surface area contributed by atoms with Gasteiger partial charge in [-0.15, -0.1) is 0 Å². The second-order valence-electron chi connectivity index (χ2n) is 6.78. The molecule has 2 heterocycles. The van der Waals surface area contributed by atoms with E-state index < -0.39 is 0 Å². The number of para-hydroxylation sites is 1. The predicted octanol–water partition coefficient (Wildman–Crippen LogP) is 4.20. The number of anilines is 1. The van der Waals surface area contributed by atoms with Crippen LogP contribution >= 0.6 is 11.8 Å². The lowest BCUT2D eigenvalue weighted by Crippen LogP contribution is -2.19. The number of thioether (sulfide) groups is 1. The van der Waals surface area contributed by atoms with Crippen LogP contribution in [0.1, 0.15) is 18.4 Å². The number of amides is 1. The average Bonchev–Trinajstić information content (AvgIpc) is 3.39. The molecule has 1 amide bonds. The van der Waals surface area contributed by atoms with Crippen LogP contribution in [0, 0.1) is 0 Å². The van der Waals surface area contributed by atoms with Gasteiger partial charge in [0, 0.05) is 24.7 Å². The summed E-state index contributed by atoms with van der Waals surface area (Å²) in [5, 5.41) is 3.38. The van der Waals surface area contributed by atoms with E-state index in [1.54, 1.807) is 14.2 Å². The van der Waals surface area contributed by atoms with Crippen LogP contribution in [0.25, 0.3) is 6.08 Å². The lowest BCUT2D eigenvalue weighted by atomic mass is 10.1. The first-order valence-corrected chi connectivity index (χ1v) is 10.3. The molecule has 2 aromatic carbocycles. The monoisotopic (exact) mass is 409 g/mol. The van der Waals surface area contributed by atoms with E-state index in [1.807, 2.05) is 48.5 Å². The Morgan fingerprint density at radius 2 is 1.79 bits per heavy atom. The molecule has 2 fully saturated rings. The van der Waals surface area contributed by atoms with Crippen molar-refractivity contribution in [1.82, 2.24) is 5.32 Å². The summed E-state index contributed by atoms with van der Waals surface area (Å²) in [7, 11) is 3.31. The molecule has 2 aromatic rings. The largest absolute Gasteiger partial charge is 0.496 e. The molecule has 2 aliphatic heterocycles. The Morgan fingerprint density at radius 1 is 1.07 bits per heavy atom. The fourth-order valence-corrected chi connectivity index (χ4v) is 4.30. The fraction of sp³-hybridized carbons (Fsp3) is 0.273. The first-order valence-electron chi connectivity index (χ1n) is 9.53. The van der Waals surface area contributed by atoms with E-state index in [2.05, 4.69) is 15.2 Å². The number of rotatable bonds is 5. The molecular weight excluding hydrogens is 386 g/mol. The number of benzene rings is 2. The summed E-state index contributed by atoms with van der Waals surface area (Å²) in [6.45, 7) is 2.02. The number of ether oxygens (including phenoxy) is 2. The van der Waals surface area contributed by atoms with Gasteiger partial charge in [0.15, 0.2) is 5.17 Å². The number of hydrogen-bond donors (Lipinski definition) is 1. The number of nitrogens with zero attached hydrogens (tertiary/aromatic N) is 2. The van der Waals surface area contributed by atoms with E-state index in [0.717, 1.165) is 35.8 Å². The van der Waals surface area contributed by atoms with Crippen LogP contribution in [-0.2, 0) is 4.79 Å². The van der Waals surface area contributed by atoms with Gasteiger partial charge < -0.3 is 19.7 Å². The Labute approximate surface area is 174 Å². The van der Waals surface area contributed by atoms with Gasteiger partial charge in [0.2, 0.25) is 0 Å². The Balaban J connectivity index is 1.64. The summed E-state index contributed by atoms with van der Waals surface area (Å²) in [4.78, 5) is 19.8. The third kappa shape index (κ3) is 4.24. The lowest BCUT2D eigenvalue weighted by Gasteiger charge is -2.22. The standard InChI is InChI=1S/C22H23N3O3S/c1-27-18-14-17(25-10-6-7-11-25)19(28-2)12-15(18)13-20-21(26)24-22(29-20)23-16-8-4-3-5-9-16/h3-5,8-9,12-14H,6-7,10-11H2,1-2H3,(H,23,24,26)/b20-13-. The van der Waals surface area contributed by atoms with Crippen LogP contribution in [0.5, 0.6) is 11.5 Å². The topological polar surface area (TPSA) is 63.2 Å². The summed E-state index contributed by atoms with van der Waals surface area (Å²) in [5.74, 6) is 1.32. The van der Waals surface area contributed by atoms with Gasteiger partial charge in [-0.3, -0.25) is 4.79 Å². The molecule has 1 N–H and O–H groups in total. The number of aliphatic imine (C=N–C) groups is 1. The summed E-state index contributed by atoms with van der Waals surface area (Å²) < 4.78 is 11.2. The Hall–Kier alpha value is -2.93. The molecule has 0 aliphatic carbocycles. The smallest absolute Gasteiger partial charge is 0.264 e. The van der Waals surface area contributed by atoms with Gasteiger partial charge in [0.1, 0.15) is 11.5 Å². The minimum Gasteiger partial charge on any atom is -0.496 e. The highest BCUT2D eigenvalue weighted by Gasteiger charge is 2.25. The van der Waals surface area contributed by atoms with Crippen molar-refractivity contribution >= 4 is 40.3 Å². The van der Waals surface area contributed by atoms with Gasteiger partial charge >= 0.3 is 0 Å². The average molecular weight is 410 g/mol. The van der Waals surface area contributed by atoms with Crippen molar-refractivity contribution in [1.29, 1.82) is 0 Å². The molecule has 2 aliphatic rings. The van der Waals surface area contributed by atoms with Crippen molar-refractivity contribution in [3.05, 3.63) is 52.9 Å². The van der Waals surface area contributed by atoms with Crippen LogP contribution in [0.4, 0.5) is 11.4 Å². The summed E-state index contributed by atoms with van der Waals surface area (Å²) in [5.41, 5.74) is 2.62. The highest BCUT2D eigenvalue weighted by Crippen LogP contribution is 2.39. The van der Waals surface area contributed by atoms with Crippen molar-refractivity contribution in [2.24, 2.45) is 4.99 Å². The first kappa shape index (κ1) is 19.4. The number of carbonyl (C=O) groups is 1. The van der Waals surface area contributed by atoms with Crippen molar-refractivity contribution in [3.8, 4) is 11.5 Å². The van der Waals surface area contributed by atoms with Gasteiger partial charge in [-0.2, -0.15) is 0 Å². The van der Waals surface area contributed by atoms with Gasteiger partial charge in [0.25, 0.3) is 5.91 Å². The maximum atomic E-state index is 12.4. The molecule has 0 saturated carbocycles. The zero-order chi connectivity index (χ0) is 20.2. The highest BCUT2D eigenvalue weighted by atomic mass is 32.2. The van der Waals surface area contributed by atoms with Crippen molar-refractivity contribution in [3.63, 3.8) is 0 Å². The van der Waals surface area contributed by atoms with Gasteiger partial charge in [0.05, 0.1) is 30.5 Å². The van der Waals surface area contributed by atoms with E-state index in [1.165, 1.54) is 24.6 Å². The predicted molar refractivity (Wildman–Crippen MR) is 118 cm³/mol. The van der Waals surface area contributed by atoms with Crippen molar-refractivity contribution in [2.75, 3.05) is 32.2 Å². The van der Waals surface area contributed by atoms with Crippen LogP contribution in [0.2, 0.25) is 0 Å². The molecule has 0 aromatic heterocycles. The van der Waals surface area contributed by atoms with Gasteiger partial charge in [-0.05, 0) is 48.9 Å². The first-order chi connectivity index (χ1) is 14.2. The van der Waals surface area contributed by atoms with E-state index in [4.69, 9.17) is 9.47 Å². The van der Waals surface area contributed by atoms with Crippen LogP contribution < -0.4 is 19.7 Å². The molecule has 0 bridgehead atoms. The molecule has 0 atom stereocenters. The summed E-state index contributed by atoms with van der Waals surface area (Å²) in [6, 6.07) is 13.5. The molecule has 2 saturated heterocycles. The minimum atomic E-state index is -0.172. The molecule has 150 valence electrons. The van der Waals surface area contributed by atoms with Crippen LogP contribution in [-0.4, -0.2) is 38.4 Å². The van der Waals surface area contributed by atoms with E-state index in [-0.39, 0.29) is 5.91 Å². The van der Waals surface area contributed by atoms with E-state index in [9.17, 15) is 4.79 Å². The normalized spacial score (nSPS) is 19.1. The van der Waals surface area contributed by atoms with E-state index >= 15 is 0 Å². The minimum absolute atomic E-state index is 0.172. The van der Waals surface area contributed by atoms with Crippen LogP contribution in [0.3, 0.4) is 0 Å². The molecule has 0 radical (unpaired) electrons. The molecule has 4 rings (SSSR count). The van der Waals surface area contributed by atoms with Gasteiger partial charge in [-0.1, -0.05) is 18.2 Å². The zero-order valence-corrected chi connectivity index (χ0v) is 17.3. The number of methoxy groups -OCH3 is 2. The number of carbonyl (C=O) groups excluding carboxylic acids is 1. The molecule has 29 heavy (non-hydrogen) atoms. The molecular formula is C22H23N3O3S. The number of nitrogens with one attached hydrogen (secondary N) is 1. The second-order valence-corrected chi connectivity index (χ2v) is 7.81. The lowest BCUT2D eigenvalue weighted by molar-refractivity contribution is -0.115. The number of amidine groups is 1. The maximum Gasteiger partial charge on any atom is 0.264 e. The molecule has 0 unspecified atom stereocenters. The van der Waals surface area contributed by atoms with Gasteiger partial charge in [-0.25, -0.2) is 4.99 Å². The molecule has 6 nitrogen and oxygen atoms in total. The Kier molecular flexibility index (Phi) is 5.76. The third-order valence-corrected chi connectivity index (χ3v) is 5.81. The Bertz CT molecular complexity index is 967. The highest BCUT2D eigenvalue weighted by molar-refractivity contribution is 8.18. The van der Waals surface area contributed by atoms with Crippen molar-refractivity contribution in [2.45, 2.75) is 12.8 Å². The quantitative estimate of drug-likeness (QED) is 0.750. The summed E-state index contributed by atoms with van der Waals surface area (Å²) >= 11 is 1.31. The third-order valence-electron chi connectivity index (χ3n) is 4.90. The van der Waals surface area contributed by atoms with Crippen LogP contribution in [0.15, 0.2) is 52.4 Å². The summed E-state index contributed by atoms with van der Waals surface area (Å²) in [6.07, 6.45) is 4.18. The number of hydrogen-bond acceptors (Lipinski definition) is 6. The van der Waals surface area contributed by atoms with E-state index in [0.29, 0.717) is 15.8 Å². The second kappa shape index (κ2) is 8.61.